The first-order chi connectivity index (χ1) is 8.80. The number of hydrogen-bond acceptors (Lipinski definition) is 5. The van der Waals surface area contributed by atoms with Crippen LogP contribution in [0.15, 0.2) is 0 Å². The Labute approximate surface area is 108 Å². The maximum Gasteiger partial charge on any atom is 0.406 e. The summed E-state index contributed by atoms with van der Waals surface area (Å²) in [5.41, 5.74) is 0. The molecule has 2 atom stereocenters. The summed E-state index contributed by atoms with van der Waals surface area (Å²) in [6.07, 6.45) is -2.49. The van der Waals surface area contributed by atoms with Crippen LogP contribution < -0.4 is 5.32 Å². The van der Waals surface area contributed by atoms with Crippen LogP contribution in [0.25, 0.3) is 0 Å². The molecular formula is C10H16F2N2O5. The fourth-order valence-electron chi connectivity index (χ4n) is 1.95. The van der Waals surface area contributed by atoms with Gasteiger partial charge in [0, 0.05) is 13.5 Å². The van der Waals surface area contributed by atoms with Gasteiger partial charge in [0.25, 0.3) is 5.92 Å². The molecule has 1 aliphatic heterocycles. The number of alkyl carbamates (subject to hydrolysis) is 1. The number of methoxy groups -OCH3 is 2. The lowest BCUT2D eigenvalue weighted by atomic mass is 10.2. The molecule has 110 valence electrons. The van der Waals surface area contributed by atoms with Crippen LogP contribution in [0, 0.1) is 0 Å². The summed E-state index contributed by atoms with van der Waals surface area (Å²) < 4.78 is 35.9. The normalized spacial score (nSPS) is 23.9. The van der Waals surface area contributed by atoms with Gasteiger partial charge in [-0.3, -0.25) is 9.69 Å². The van der Waals surface area contributed by atoms with E-state index < -0.39 is 43.2 Å². The van der Waals surface area contributed by atoms with Gasteiger partial charge in [0.1, 0.15) is 12.3 Å². The first-order valence-electron chi connectivity index (χ1n) is 5.51. The van der Waals surface area contributed by atoms with Crippen LogP contribution in [0.2, 0.25) is 0 Å². The molecule has 1 aliphatic rings. The van der Waals surface area contributed by atoms with Crippen molar-refractivity contribution in [2.24, 2.45) is 0 Å². The van der Waals surface area contributed by atoms with Crippen molar-refractivity contribution in [3.8, 4) is 0 Å². The predicted molar refractivity (Wildman–Crippen MR) is 58.9 cm³/mol. The smallest absolute Gasteiger partial charge is 0.406 e. The van der Waals surface area contributed by atoms with Crippen LogP contribution in [0.5, 0.6) is 0 Å². The Balaban J connectivity index is 2.72. The molecule has 2 N–H and O–H groups in total. The highest BCUT2D eigenvalue weighted by molar-refractivity contribution is 5.74. The zero-order valence-electron chi connectivity index (χ0n) is 10.6. The highest BCUT2D eigenvalue weighted by Gasteiger charge is 2.50. The van der Waals surface area contributed by atoms with Crippen molar-refractivity contribution in [2.45, 2.75) is 24.6 Å². The SMILES string of the molecule is COC(=O)NCC(OC)N1CC(F)(F)CC1C(=O)O. The first kappa shape index (κ1) is 15.6. The Morgan fingerprint density at radius 1 is 1.53 bits per heavy atom. The lowest BCUT2D eigenvalue weighted by molar-refractivity contribution is -0.147. The molecule has 1 fully saturated rings. The minimum atomic E-state index is -3.09. The summed E-state index contributed by atoms with van der Waals surface area (Å²) in [7, 11) is 2.40. The van der Waals surface area contributed by atoms with E-state index in [9.17, 15) is 18.4 Å². The van der Waals surface area contributed by atoms with Gasteiger partial charge in [-0.2, -0.15) is 0 Å². The molecule has 1 saturated heterocycles. The van der Waals surface area contributed by atoms with Crippen molar-refractivity contribution >= 4 is 12.1 Å². The predicted octanol–water partition coefficient (Wildman–Crippen LogP) is 0.109. The van der Waals surface area contributed by atoms with Crippen molar-refractivity contribution in [3.05, 3.63) is 0 Å². The fraction of sp³-hybridized carbons (Fsp3) is 0.800. The van der Waals surface area contributed by atoms with Crippen molar-refractivity contribution in [1.29, 1.82) is 0 Å². The van der Waals surface area contributed by atoms with E-state index in [0.717, 1.165) is 12.0 Å². The standard InChI is InChI=1S/C10H16F2N2O5/c1-18-7(4-13-9(17)19-2)14-5-10(11,12)3-6(14)8(15)16/h6-7H,3-5H2,1-2H3,(H,13,17)(H,15,16). The van der Waals surface area contributed by atoms with Gasteiger partial charge in [0.05, 0.1) is 20.2 Å². The van der Waals surface area contributed by atoms with Crippen LogP contribution in [-0.2, 0) is 14.3 Å². The van der Waals surface area contributed by atoms with Gasteiger partial charge >= 0.3 is 12.1 Å². The largest absolute Gasteiger partial charge is 0.480 e. The molecule has 0 aromatic carbocycles. The monoisotopic (exact) mass is 282 g/mol. The van der Waals surface area contributed by atoms with Crippen LogP contribution in [0.1, 0.15) is 6.42 Å². The van der Waals surface area contributed by atoms with Crippen LogP contribution in [-0.4, -0.2) is 67.6 Å². The zero-order chi connectivity index (χ0) is 14.6. The quantitative estimate of drug-likeness (QED) is 0.744. The summed E-state index contributed by atoms with van der Waals surface area (Å²) in [6, 6.07) is -1.35. The van der Waals surface area contributed by atoms with Gasteiger partial charge < -0.3 is 19.9 Å². The molecule has 0 aromatic heterocycles. The Bertz CT molecular complexity index is 353. The summed E-state index contributed by atoms with van der Waals surface area (Å²) >= 11 is 0. The number of rotatable bonds is 5. The van der Waals surface area contributed by atoms with Gasteiger partial charge in [-0.15, -0.1) is 0 Å². The molecular weight excluding hydrogens is 266 g/mol. The second-order valence-corrected chi connectivity index (χ2v) is 4.15. The minimum Gasteiger partial charge on any atom is -0.480 e. The maximum absolute atomic E-state index is 13.3. The van der Waals surface area contributed by atoms with Gasteiger partial charge in [-0.25, -0.2) is 13.6 Å². The number of alkyl halides is 2. The van der Waals surface area contributed by atoms with E-state index in [1.807, 2.05) is 0 Å². The van der Waals surface area contributed by atoms with E-state index in [-0.39, 0.29) is 6.54 Å². The van der Waals surface area contributed by atoms with E-state index in [2.05, 4.69) is 10.1 Å². The van der Waals surface area contributed by atoms with Gasteiger partial charge in [-0.05, 0) is 0 Å². The van der Waals surface area contributed by atoms with Gasteiger partial charge in [0.2, 0.25) is 0 Å². The molecule has 7 nitrogen and oxygen atoms in total. The molecule has 0 aromatic rings. The fourth-order valence-corrected chi connectivity index (χ4v) is 1.95. The van der Waals surface area contributed by atoms with Crippen molar-refractivity contribution < 1.29 is 33.0 Å². The maximum atomic E-state index is 13.3. The third-order valence-electron chi connectivity index (χ3n) is 2.84. The van der Waals surface area contributed by atoms with Crippen molar-refractivity contribution in [2.75, 3.05) is 27.3 Å². The number of nitrogens with one attached hydrogen (secondary N) is 1. The van der Waals surface area contributed by atoms with Gasteiger partial charge in [-0.1, -0.05) is 0 Å². The molecule has 0 bridgehead atoms. The zero-order valence-corrected chi connectivity index (χ0v) is 10.6. The highest BCUT2D eigenvalue weighted by atomic mass is 19.3. The number of carbonyl (C=O) groups excluding carboxylic acids is 1. The van der Waals surface area contributed by atoms with Crippen LogP contribution >= 0.6 is 0 Å². The number of likely N-dealkylation sites (tertiary alicyclic amines) is 1. The number of nitrogens with zero attached hydrogens (tertiary/aromatic N) is 1. The lowest BCUT2D eigenvalue weighted by Crippen LogP contribution is -2.49. The Kier molecular flexibility index (Phi) is 5.01. The summed E-state index contributed by atoms with van der Waals surface area (Å²) in [6.45, 7) is -0.881. The van der Waals surface area contributed by atoms with Crippen molar-refractivity contribution in [3.63, 3.8) is 0 Å². The van der Waals surface area contributed by atoms with E-state index in [4.69, 9.17) is 9.84 Å². The Morgan fingerprint density at radius 2 is 2.16 bits per heavy atom. The Hall–Kier alpha value is -1.48. The molecule has 1 heterocycles. The number of amides is 1. The van der Waals surface area contributed by atoms with Crippen LogP contribution in [0.4, 0.5) is 13.6 Å². The van der Waals surface area contributed by atoms with E-state index in [1.165, 1.54) is 7.11 Å². The molecule has 1 amide bonds. The lowest BCUT2D eigenvalue weighted by Gasteiger charge is -2.29. The topological polar surface area (TPSA) is 88.1 Å². The number of ether oxygens (including phenoxy) is 2. The van der Waals surface area contributed by atoms with E-state index in [1.54, 1.807) is 0 Å². The molecule has 0 radical (unpaired) electrons. The number of carboxylic acid groups (broad SMARTS) is 1. The van der Waals surface area contributed by atoms with E-state index in [0.29, 0.717) is 0 Å². The second kappa shape index (κ2) is 6.11. The third-order valence-corrected chi connectivity index (χ3v) is 2.84. The third kappa shape index (κ3) is 4.00. The Morgan fingerprint density at radius 3 is 2.63 bits per heavy atom. The molecule has 2 unspecified atom stereocenters. The molecule has 9 heteroatoms. The number of halogens is 2. The number of hydrogen-bond donors (Lipinski definition) is 2. The molecule has 19 heavy (non-hydrogen) atoms. The molecule has 0 aliphatic carbocycles. The first-order valence-corrected chi connectivity index (χ1v) is 5.51. The van der Waals surface area contributed by atoms with Crippen molar-refractivity contribution in [1.82, 2.24) is 10.2 Å². The average Bonchev–Trinajstić information content (AvgIpc) is 2.66. The number of carboxylic acids is 1. The average molecular weight is 282 g/mol. The number of carbonyl (C=O) groups is 2. The summed E-state index contributed by atoms with van der Waals surface area (Å²) in [4.78, 5) is 22.9. The second-order valence-electron chi connectivity index (χ2n) is 4.15. The summed E-state index contributed by atoms with van der Waals surface area (Å²) in [5.74, 6) is -4.44. The highest BCUT2D eigenvalue weighted by Crippen LogP contribution is 2.33. The summed E-state index contributed by atoms with van der Waals surface area (Å²) in [5, 5.41) is 11.2. The van der Waals surface area contributed by atoms with E-state index >= 15 is 0 Å². The molecule has 0 saturated carbocycles. The molecule has 0 spiro atoms. The number of aliphatic carboxylic acids is 1. The van der Waals surface area contributed by atoms with Crippen LogP contribution in [0.3, 0.4) is 0 Å². The van der Waals surface area contributed by atoms with Gasteiger partial charge in [0.15, 0.2) is 0 Å². The molecule has 1 rings (SSSR count). The minimum absolute atomic E-state index is 0.150.